The molecular formula is C13H13BrN2O2. The van der Waals surface area contributed by atoms with Crippen molar-refractivity contribution in [2.45, 2.75) is 13.5 Å². The molecule has 0 aliphatic heterocycles. The number of benzene rings is 1. The van der Waals surface area contributed by atoms with Gasteiger partial charge in [0.05, 0.1) is 5.56 Å². The number of rotatable bonds is 4. The van der Waals surface area contributed by atoms with Gasteiger partial charge in [0.25, 0.3) is 0 Å². The first-order valence-electron chi connectivity index (χ1n) is 5.47. The lowest BCUT2D eigenvalue weighted by atomic mass is 10.1. The second kappa shape index (κ2) is 5.35. The van der Waals surface area contributed by atoms with Gasteiger partial charge in [-0.3, -0.25) is 4.79 Å². The molecule has 0 spiro atoms. The van der Waals surface area contributed by atoms with Gasteiger partial charge in [0.15, 0.2) is 5.78 Å². The normalized spacial score (nSPS) is 10.4. The molecule has 0 unspecified atom stereocenters. The van der Waals surface area contributed by atoms with E-state index in [1.807, 2.05) is 23.9 Å². The molecule has 1 aromatic heterocycles. The van der Waals surface area contributed by atoms with Crippen LogP contribution < -0.4 is 4.74 Å². The van der Waals surface area contributed by atoms with Crippen LogP contribution in [0.2, 0.25) is 0 Å². The van der Waals surface area contributed by atoms with E-state index in [9.17, 15) is 4.79 Å². The number of aryl methyl sites for hydroxylation is 1. The van der Waals surface area contributed by atoms with Gasteiger partial charge in [-0.2, -0.15) is 0 Å². The Hall–Kier alpha value is -1.62. The van der Waals surface area contributed by atoms with E-state index in [0.717, 1.165) is 10.3 Å². The lowest BCUT2D eigenvalue weighted by Crippen LogP contribution is -2.05. The summed E-state index contributed by atoms with van der Waals surface area (Å²) in [4.78, 5) is 15.7. The van der Waals surface area contributed by atoms with Gasteiger partial charge in [-0.15, -0.1) is 0 Å². The fraction of sp³-hybridized carbons (Fsp3) is 0.231. The Balaban J connectivity index is 2.20. The van der Waals surface area contributed by atoms with Crippen molar-refractivity contribution < 1.29 is 9.53 Å². The Labute approximate surface area is 114 Å². The zero-order valence-corrected chi connectivity index (χ0v) is 11.8. The molecule has 0 fully saturated rings. The van der Waals surface area contributed by atoms with Crippen molar-refractivity contribution in [2.75, 3.05) is 0 Å². The zero-order chi connectivity index (χ0) is 13.1. The van der Waals surface area contributed by atoms with E-state index >= 15 is 0 Å². The highest BCUT2D eigenvalue weighted by Gasteiger charge is 2.10. The SMILES string of the molecule is CC(=O)c1ccc(Br)cc1OCc1nccn1C. The van der Waals surface area contributed by atoms with Crippen LogP contribution in [0.1, 0.15) is 23.1 Å². The maximum absolute atomic E-state index is 11.5. The molecule has 2 rings (SSSR count). The summed E-state index contributed by atoms with van der Waals surface area (Å²) in [6, 6.07) is 5.37. The van der Waals surface area contributed by atoms with Gasteiger partial charge >= 0.3 is 0 Å². The fourth-order valence-corrected chi connectivity index (χ4v) is 1.92. The summed E-state index contributed by atoms with van der Waals surface area (Å²) in [5.74, 6) is 1.36. The lowest BCUT2D eigenvalue weighted by Gasteiger charge is -2.10. The topological polar surface area (TPSA) is 44.1 Å². The van der Waals surface area contributed by atoms with Crippen LogP contribution in [0.5, 0.6) is 5.75 Å². The van der Waals surface area contributed by atoms with E-state index in [2.05, 4.69) is 20.9 Å². The van der Waals surface area contributed by atoms with Crippen LogP contribution in [0.3, 0.4) is 0 Å². The molecule has 0 atom stereocenters. The van der Waals surface area contributed by atoms with E-state index < -0.39 is 0 Å². The minimum atomic E-state index is -0.0164. The van der Waals surface area contributed by atoms with Crippen LogP contribution in [-0.4, -0.2) is 15.3 Å². The molecule has 4 nitrogen and oxygen atoms in total. The highest BCUT2D eigenvalue weighted by atomic mass is 79.9. The average molecular weight is 309 g/mol. The third kappa shape index (κ3) is 2.79. The molecule has 1 aromatic carbocycles. The number of ketones is 1. The molecule has 0 saturated carbocycles. The first-order valence-corrected chi connectivity index (χ1v) is 6.26. The number of carbonyl (C=O) groups is 1. The Kier molecular flexibility index (Phi) is 3.81. The lowest BCUT2D eigenvalue weighted by molar-refractivity contribution is 0.101. The van der Waals surface area contributed by atoms with Gasteiger partial charge in [0.1, 0.15) is 18.2 Å². The Morgan fingerprint density at radius 3 is 2.89 bits per heavy atom. The van der Waals surface area contributed by atoms with E-state index in [-0.39, 0.29) is 5.78 Å². The number of nitrogens with zero attached hydrogens (tertiary/aromatic N) is 2. The maximum atomic E-state index is 11.5. The molecule has 0 amide bonds. The predicted octanol–water partition coefficient (Wildman–Crippen LogP) is 2.96. The van der Waals surface area contributed by atoms with E-state index in [4.69, 9.17) is 4.74 Å². The molecule has 1 heterocycles. The number of hydrogen-bond donors (Lipinski definition) is 0. The second-order valence-corrected chi connectivity index (χ2v) is 4.86. The minimum Gasteiger partial charge on any atom is -0.485 e. The Morgan fingerprint density at radius 1 is 1.50 bits per heavy atom. The minimum absolute atomic E-state index is 0.0164. The number of carbonyl (C=O) groups excluding carboxylic acids is 1. The maximum Gasteiger partial charge on any atom is 0.163 e. The summed E-state index contributed by atoms with van der Waals surface area (Å²) in [6.45, 7) is 1.86. The van der Waals surface area contributed by atoms with Crippen molar-refractivity contribution in [3.8, 4) is 5.75 Å². The molecule has 94 valence electrons. The van der Waals surface area contributed by atoms with Gasteiger partial charge < -0.3 is 9.30 Å². The highest BCUT2D eigenvalue weighted by Crippen LogP contribution is 2.24. The van der Waals surface area contributed by atoms with Crippen LogP contribution >= 0.6 is 15.9 Å². The molecule has 0 saturated heterocycles. The highest BCUT2D eigenvalue weighted by molar-refractivity contribution is 9.10. The number of hydrogen-bond acceptors (Lipinski definition) is 3. The molecule has 0 bridgehead atoms. The van der Waals surface area contributed by atoms with E-state index in [1.165, 1.54) is 6.92 Å². The molecule has 0 aliphatic carbocycles. The van der Waals surface area contributed by atoms with Gasteiger partial charge in [-0.25, -0.2) is 4.98 Å². The van der Waals surface area contributed by atoms with E-state index in [1.54, 1.807) is 18.3 Å². The monoisotopic (exact) mass is 308 g/mol. The molecule has 0 radical (unpaired) electrons. The summed E-state index contributed by atoms with van der Waals surface area (Å²) in [5, 5.41) is 0. The van der Waals surface area contributed by atoms with Crippen molar-refractivity contribution in [1.29, 1.82) is 0 Å². The Bertz CT molecular complexity index is 578. The smallest absolute Gasteiger partial charge is 0.163 e. The van der Waals surface area contributed by atoms with Gasteiger partial charge in [-0.1, -0.05) is 15.9 Å². The summed E-state index contributed by atoms with van der Waals surface area (Å²) in [6.07, 6.45) is 3.57. The number of Topliss-reactive ketones (excluding diaryl/α,β-unsaturated/α-hetero) is 1. The molecular weight excluding hydrogens is 296 g/mol. The van der Waals surface area contributed by atoms with Crippen molar-refractivity contribution in [2.24, 2.45) is 7.05 Å². The molecule has 2 aromatic rings. The summed E-state index contributed by atoms with van der Waals surface area (Å²) in [7, 11) is 1.90. The van der Waals surface area contributed by atoms with Crippen molar-refractivity contribution in [1.82, 2.24) is 9.55 Å². The first-order chi connectivity index (χ1) is 8.58. The van der Waals surface area contributed by atoms with Gasteiger partial charge in [0.2, 0.25) is 0 Å². The van der Waals surface area contributed by atoms with Gasteiger partial charge in [0, 0.05) is 23.9 Å². The van der Waals surface area contributed by atoms with Crippen LogP contribution in [-0.2, 0) is 13.7 Å². The first kappa shape index (κ1) is 12.8. The average Bonchev–Trinajstić information content (AvgIpc) is 2.72. The van der Waals surface area contributed by atoms with Crippen molar-refractivity contribution in [3.63, 3.8) is 0 Å². The fourth-order valence-electron chi connectivity index (χ4n) is 1.58. The summed E-state index contributed by atoms with van der Waals surface area (Å²) < 4.78 is 8.43. The van der Waals surface area contributed by atoms with Crippen LogP contribution in [0.15, 0.2) is 35.1 Å². The number of ether oxygens (including phenoxy) is 1. The summed E-state index contributed by atoms with van der Waals surface area (Å²) >= 11 is 3.37. The third-order valence-corrected chi connectivity index (χ3v) is 3.09. The van der Waals surface area contributed by atoms with Crippen LogP contribution in [0.4, 0.5) is 0 Å². The molecule has 0 aliphatic rings. The van der Waals surface area contributed by atoms with Crippen molar-refractivity contribution >= 4 is 21.7 Å². The third-order valence-electron chi connectivity index (χ3n) is 2.60. The molecule has 18 heavy (non-hydrogen) atoms. The number of halogens is 1. The molecule has 0 N–H and O–H groups in total. The van der Waals surface area contributed by atoms with E-state index in [0.29, 0.717) is 17.9 Å². The number of imidazole rings is 1. The predicted molar refractivity (Wildman–Crippen MR) is 71.7 cm³/mol. The summed E-state index contributed by atoms with van der Waals surface area (Å²) in [5.41, 5.74) is 0.576. The Morgan fingerprint density at radius 2 is 2.28 bits per heavy atom. The standard InChI is InChI=1S/C13H13BrN2O2/c1-9(17)11-4-3-10(14)7-12(11)18-8-13-15-5-6-16(13)2/h3-7H,8H2,1-2H3. The zero-order valence-electron chi connectivity index (χ0n) is 10.2. The largest absolute Gasteiger partial charge is 0.485 e. The van der Waals surface area contributed by atoms with Crippen molar-refractivity contribution in [3.05, 3.63) is 46.5 Å². The number of aromatic nitrogens is 2. The van der Waals surface area contributed by atoms with Crippen LogP contribution in [0, 0.1) is 0 Å². The van der Waals surface area contributed by atoms with Crippen LogP contribution in [0.25, 0.3) is 0 Å². The quantitative estimate of drug-likeness (QED) is 0.816. The van der Waals surface area contributed by atoms with Gasteiger partial charge in [-0.05, 0) is 25.1 Å². The second-order valence-electron chi connectivity index (χ2n) is 3.94. The molecule has 5 heteroatoms.